The van der Waals surface area contributed by atoms with Gasteiger partial charge >= 0.3 is 0 Å². The second kappa shape index (κ2) is 5.55. The van der Waals surface area contributed by atoms with Crippen molar-refractivity contribution in [1.29, 1.82) is 0 Å². The summed E-state index contributed by atoms with van der Waals surface area (Å²) in [5.74, 6) is 0.219. The molecule has 2 fully saturated rings. The molecule has 5 heteroatoms. The lowest BCUT2D eigenvalue weighted by Crippen LogP contribution is -2.55. The number of nitrogens with zero attached hydrogens (tertiary/aromatic N) is 1. The zero-order chi connectivity index (χ0) is 13.2. The van der Waals surface area contributed by atoms with Crippen molar-refractivity contribution in [1.82, 2.24) is 10.2 Å². The van der Waals surface area contributed by atoms with E-state index >= 15 is 0 Å². The Labute approximate surface area is 109 Å². The van der Waals surface area contributed by atoms with Crippen LogP contribution >= 0.6 is 0 Å². The number of ether oxygens (including phenoxy) is 2. The topological polar surface area (TPSA) is 50.8 Å². The first kappa shape index (κ1) is 13.8. The molecular weight excluding hydrogens is 232 g/mol. The van der Waals surface area contributed by atoms with E-state index in [-0.39, 0.29) is 23.5 Å². The zero-order valence-electron chi connectivity index (χ0n) is 11.6. The molecule has 2 aliphatic heterocycles. The highest BCUT2D eigenvalue weighted by Crippen LogP contribution is 2.29. The highest BCUT2D eigenvalue weighted by Gasteiger charge is 2.45. The number of amides is 1. The molecule has 0 aromatic heterocycles. The molecule has 0 saturated carbocycles. The van der Waals surface area contributed by atoms with Crippen molar-refractivity contribution < 1.29 is 14.3 Å². The summed E-state index contributed by atoms with van der Waals surface area (Å²) in [6, 6.07) is 0. The second-order valence-corrected chi connectivity index (χ2v) is 5.61. The normalized spacial score (nSPS) is 36.9. The summed E-state index contributed by atoms with van der Waals surface area (Å²) in [6.07, 6.45) is 1.10. The molecular formula is C13H24N2O3. The van der Waals surface area contributed by atoms with Gasteiger partial charge in [-0.1, -0.05) is 0 Å². The van der Waals surface area contributed by atoms with Crippen LogP contribution in [0.3, 0.4) is 0 Å². The number of rotatable bonds is 3. The minimum atomic E-state index is -0.370. The number of methoxy groups -OCH3 is 1. The van der Waals surface area contributed by atoms with Crippen LogP contribution in [0.15, 0.2) is 0 Å². The van der Waals surface area contributed by atoms with E-state index in [1.165, 1.54) is 0 Å². The summed E-state index contributed by atoms with van der Waals surface area (Å²) >= 11 is 0. The van der Waals surface area contributed by atoms with E-state index in [0.29, 0.717) is 19.7 Å². The van der Waals surface area contributed by atoms with Crippen molar-refractivity contribution in [3.8, 4) is 0 Å². The molecule has 3 unspecified atom stereocenters. The summed E-state index contributed by atoms with van der Waals surface area (Å²) in [4.78, 5) is 14.7. The van der Waals surface area contributed by atoms with E-state index in [9.17, 15) is 4.79 Å². The summed E-state index contributed by atoms with van der Waals surface area (Å²) in [6.45, 7) is 7.53. The standard InChI is InChI=1S/C13H24N2O3/c1-10-6-15(7-11(2)18-10)12(16)13(9-17-3)4-5-14-8-13/h10-11,14H,4-9H2,1-3H3. The highest BCUT2D eigenvalue weighted by molar-refractivity contribution is 5.83. The number of hydrogen-bond acceptors (Lipinski definition) is 4. The minimum absolute atomic E-state index is 0.117. The molecule has 0 aromatic carbocycles. The fourth-order valence-electron chi connectivity index (χ4n) is 3.07. The third kappa shape index (κ3) is 2.68. The molecule has 0 radical (unpaired) electrons. The molecule has 0 spiro atoms. The van der Waals surface area contributed by atoms with Crippen LogP contribution in [0.5, 0.6) is 0 Å². The van der Waals surface area contributed by atoms with Gasteiger partial charge in [-0.25, -0.2) is 0 Å². The van der Waals surface area contributed by atoms with Gasteiger partial charge in [0, 0.05) is 26.7 Å². The number of nitrogens with one attached hydrogen (secondary N) is 1. The number of carbonyl (C=O) groups is 1. The van der Waals surface area contributed by atoms with E-state index in [1.807, 2.05) is 18.7 Å². The molecule has 2 heterocycles. The molecule has 2 rings (SSSR count). The molecule has 104 valence electrons. The van der Waals surface area contributed by atoms with Gasteiger partial charge < -0.3 is 19.7 Å². The third-order valence-electron chi connectivity index (χ3n) is 3.82. The first-order valence-electron chi connectivity index (χ1n) is 6.72. The van der Waals surface area contributed by atoms with Gasteiger partial charge in [0.2, 0.25) is 5.91 Å². The quantitative estimate of drug-likeness (QED) is 0.786. The summed E-state index contributed by atoms with van der Waals surface area (Å²) in [5, 5.41) is 3.28. The van der Waals surface area contributed by atoms with Gasteiger partial charge in [0.1, 0.15) is 0 Å². The van der Waals surface area contributed by atoms with Gasteiger partial charge in [-0.3, -0.25) is 4.79 Å². The molecule has 3 atom stereocenters. The first-order valence-corrected chi connectivity index (χ1v) is 6.72. The Kier molecular flexibility index (Phi) is 4.25. The van der Waals surface area contributed by atoms with Crippen LogP contribution in [0.1, 0.15) is 20.3 Å². The van der Waals surface area contributed by atoms with Gasteiger partial charge in [0.15, 0.2) is 0 Å². The Hall–Kier alpha value is -0.650. The lowest BCUT2D eigenvalue weighted by molar-refractivity contribution is -0.155. The van der Waals surface area contributed by atoms with Crippen molar-refractivity contribution in [3.05, 3.63) is 0 Å². The number of hydrogen-bond donors (Lipinski definition) is 1. The van der Waals surface area contributed by atoms with E-state index in [0.717, 1.165) is 19.5 Å². The minimum Gasteiger partial charge on any atom is -0.384 e. The Morgan fingerprint density at radius 3 is 2.61 bits per heavy atom. The molecule has 2 aliphatic rings. The van der Waals surface area contributed by atoms with Crippen LogP contribution in [0.2, 0.25) is 0 Å². The molecule has 1 N–H and O–H groups in total. The Morgan fingerprint density at radius 2 is 2.11 bits per heavy atom. The largest absolute Gasteiger partial charge is 0.384 e. The lowest BCUT2D eigenvalue weighted by Gasteiger charge is -2.40. The van der Waals surface area contributed by atoms with Crippen LogP contribution in [-0.2, 0) is 14.3 Å². The molecule has 5 nitrogen and oxygen atoms in total. The van der Waals surface area contributed by atoms with Crippen LogP contribution in [0, 0.1) is 5.41 Å². The van der Waals surface area contributed by atoms with E-state index in [2.05, 4.69) is 5.32 Å². The SMILES string of the molecule is COCC1(C(=O)N2CC(C)OC(C)C2)CCNC1. The van der Waals surface area contributed by atoms with Gasteiger partial charge in [0.25, 0.3) is 0 Å². The maximum absolute atomic E-state index is 12.8. The van der Waals surface area contributed by atoms with Crippen LogP contribution in [-0.4, -0.2) is 62.9 Å². The average molecular weight is 256 g/mol. The molecule has 0 aliphatic carbocycles. The van der Waals surface area contributed by atoms with Crippen molar-refractivity contribution in [3.63, 3.8) is 0 Å². The van der Waals surface area contributed by atoms with E-state index in [1.54, 1.807) is 7.11 Å². The molecule has 0 bridgehead atoms. The summed E-state index contributed by atoms with van der Waals surface area (Å²) in [5.41, 5.74) is -0.370. The van der Waals surface area contributed by atoms with Gasteiger partial charge in [-0.05, 0) is 26.8 Å². The molecule has 0 aromatic rings. The Morgan fingerprint density at radius 1 is 1.44 bits per heavy atom. The zero-order valence-corrected chi connectivity index (χ0v) is 11.6. The predicted octanol–water partition coefficient (Wildman–Crippen LogP) is 0.248. The molecule has 2 saturated heterocycles. The van der Waals surface area contributed by atoms with Gasteiger partial charge in [-0.2, -0.15) is 0 Å². The smallest absolute Gasteiger partial charge is 0.232 e. The second-order valence-electron chi connectivity index (χ2n) is 5.61. The summed E-state index contributed by atoms with van der Waals surface area (Å²) in [7, 11) is 1.66. The number of morpholine rings is 1. The van der Waals surface area contributed by atoms with Crippen molar-refractivity contribution in [2.45, 2.75) is 32.5 Å². The van der Waals surface area contributed by atoms with Crippen molar-refractivity contribution in [2.24, 2.45) is 5.41 Å². The third-order valence-corrected chi connectivity index (χ3v) is 3.82. The van der Waals surface area contributed by atoms with Gasteiger partial charge in [-0.15, -0.1) is 0 Å². The fraction of sp³-hybridized carbons (Fsp3) is 0.923. The van der Waals surface area contributed by atoms with Gasteiger partial charge in [0.05, 0.1) is 24.2 Å². The maximum atomic E-state index is 12.8. The average Bonchev–Trinajstić information content (AvgIpc) is 2.77. The molecule has 18 heavy (non-hydrogen) atoms. The first-order chi connectivity index (χ1) is 8.57. The van der Waals surface area contributed by atoms with Crippen molar-refractivity contribution >= 4 is 5.91 Å². The lowest BCUT2D eigenvalue weighted by atomic mass is 9.86. The fourth-order valence-corrected chi connectivity index (χ4v) is 3.07. The predicted molar refractivity (Wildman–Crippen MR) is 68.4 cm³/mol. The van der Waals surface area contributed by atoms with E-state index in [4.69, 9.17) is 9.47 Å². The monoisotopic (exact) mass is 256 g/mol. The highest BCUT2D eigenvalue weighted by atomic mass is 16.5. The Bertz CT molecular complexity index is 293. The van der Waals surface area contributed by atoms with Crippen LogP contribution in [0.4, 0.5) is 0 Å². The van der Waals surface area contributed by atoms with Crippen molar-refractivity contribution in [2.75, 3.05) is 39.9 Å². The maximum Gasteiger partial charge on any atom is 0.232 e. The number of carbonyl (C=O) groups excluding carboxylic acids is 1. The van der Waals surface area contributed by atoms with Crippen LogP contribution in [0.25, 0.3) is 0 Å². The summed E-state index contributed by atoms with van der Waals surface area (Å²) < 4.78 is 11.0. The Balaban J connectivity index is 2.08. The molecule has 1 amide bonds. The van der Waals surface area contributed by atoms with E-state index < -0.39 is 0 Å². The van der Waals surface area contributed by atoms with Crippen LogP contribution < -0.4 is 5.32 Å².